The lowest BCUT2D eigenvalue weighted by molar-refractivity contribution is 0.617. The van der Waals surface area contributed by atoms with Crippen LogP contribution >= 0.6 is 0 Å². The third-order valence-electron chi connectivity index (χ3n) is 5.48. The molecule has 6 nitrogen and oxygen atoms in total. The smallest absolute Gasteiger partial charge is 0.183 e. The highest BCUT2D eigenvalue weighted by Crippen LogP contribution is 2.32. The summed E-state index contributed by atoms with van der Waals surface area (Å²) in [5, 5.41) is 9.78. The third-order valence-corrected chi connectivity index (χ3v) is 7.16. The number of anilines is 1. The Balaban J connectivity index is 1.79. The molecule has 2 aromatic carbocycles. The van der Waals surface area contributed by atoms with Crippen molar-refractivity contribution in [2.24, 2.45) is 0 Å². The minimum atomic E-state index is -1.22. The summed E-state index contributed by atoms with van der Waals surface area (Å²) >= 11 is 0. The first-order valence-electron chi connectivity index (χ1n) is 10.4. The molecule has 0 unspecified atom stereocenters. The first-order valence-corrected chi connectivity index (χ1v) is 11.5. The van der Waals surface area contributed by atoms with Crippen molar-refractivity contribution in [3.05, 3.63) is 64.3 Å². The molecule has 0 amide bonds. The predicted octanol–water partition coefficient (Wildman–Crippen LogP) is 4.44. The van der Waals surface area contributed by atoms with Gasteiger partial charge in [0.2, 0.25) is 0 Å². The second-order valence-corrected chi connectivity index (χ2v) is 11.1. The molecule has 0 spiro atoms. The van der Waals surface area contributed by atoms with Crippen LogP contribution in [0, 0.1) is 18.3 Å². The number of rotatable bonds is 4. The monoisotopic (exact) mass is 433 g/mol. The van der Waals surface area contributed by atoms with Crippen LogP contribution in [0.3, 0.4) is 0 Å². The van der Waals surface area contributed by atoms with Gasteiger partial charge in [-0.05, 0) is 62.9 Å². The Morgan fingerprint density at radius 1 is 1.16 bits per heavy atom. The van der Waals surface area contributed by atoms with E-state index in [1.54, 1.807) is 0 Å². The zero-order valence-corrected chi connectivity index (χ0v) is 19.4. The number of nitrogens with one attached hydrogen (secondary N) is 1. The number of fused-ring (bicyclic) bond motifs is 2. The molecule has 0 bridgehead atoms. The summed E-state index contributed by atoms with van der Waals surface area (Å²) in [5.74, 6) is 0.598. The molecule has 0 fully saturated rings. The van der Waals surface area contributed by atoms with E-state index in [2.05, 4.69) is 38.9 Å². The molecule has 2 heterocycles. The maximum absolute atomic E-state index is 12.7. The van der Waals surface area contributed by atoms with Gasteiger partial charge in [0.15, 0.2) is 11.5 Å². The molecule has 1 N–H and O–H groups in total. The minimum Gasteiger partial charge on any atom is -0.346 e. The van der Waals surface area contributed by atoms with E-state index in [1.165, 1.54) is 11.1 Å². The Morgan fingerprint density at radius 2 is 1.81 bits per heavy atom. The predicted molar refractivity (Wildman–Crippen MR) is 125 cm³/mol. The first-order chi connectivity index (χ1) is 14.7. The lowest BCUT2D eigenvalue weighted by Crippen LogP contribution is -2.35. The van der Waals surface area contributed by atoms with Crippen LogP contribution in [-0.2, 0) is 24.1 Å². The number of hydrogen-bond acceptors (Lipinski definition) is 5. The Labute approximate surface area is 185 Å². The lowest BCUT2D eigenvalue weighted by Gasteiger charge is -2.24. The van der Waals surface area contributed by atoms with Gasteiger partial charge in [-0.25, -0.2) is 18.9 Å². The molecule has 2 atom stereocenters. The molecule has 1 aromatic heterocycles. The van der Waals surface area contributed by atoms with Crippen molar-refractivity contribution in [2.75, 3.05) is 4.90 Å². The second kappa shape index (κ2) is 8.03. The van der Waals surface area contributed by atoms with Crippen molar-refractivity contribution >= 4 is 27.8 Å². The summed E-state index contributed by atoms with van der Waals surface area (Å²) in [7, 11) is -1.22. The molecule has 1 aliphatic heterocycles. The van der Waals surface area contributed by atoms with Gasteiger partial charge in [0.05, 0.1) is 26.8 Å². The van der Waals surface area contributed by atoms with Gasteiger partial charge < -0.3 is 4.90 Å². The fraction of sp³-hybridized carbons (Fsp3) is 0.375. The summed E-state index contributed by atoms with van der Waals surface area (Å²) in [6.07, 6.45) is 0. The Morgan fingerprint density at radius 3 is 2.39 bits per heavy atom. The van der Waals surface area contributed by atoms with Gasteiger partial charge in [-0.1, -0.05) is 30.3 Å². The molecule has 31 heavy (non-hydrogen) atoms. The van der Waals surface area contributed by atoms with Crippen molar-refractivity contribution in [1.82, 2.24) is 14.7 Å². The maximum atomic E-state index is 12.7. The van der Waals surface area contributed by atoms with Gasteiger partial charge >= 0.3 is 0 Å². The maximum Gasteiger partial charge on any atom is 0.183 e. The summed E-state index contributed by atoms with van der Waals surface area (Å²) < 4.78 is 15.5. The van der Waals surface area contributed by atoms with E-state index in [-0.39, 0.29) is 10.8 Å². The second-order valence-electron chi connectivity index (χ2n) is 9.07. The normalized spacial score (nSPS) is 15.5. The highest BCUT2D eigenvalue weighted by atomic mass is 32.2. The molecule has 1 aliphatic rings. The topological polar surface area (TPSA) is 81.9 Å². The standard InChI is InChI=1S/C24H27N5OS/c1-15-10-19(16(2)28-31(30)24(3,4)5)22-20(11-15)26-21(12-25)23(27-22)29-13-17-8-6-7-9-18(17)14-29/h6-11,16,28H,13-14H2,1-5H3/t16-,31-/m1/s1. The van der Waals surface area contributed by atoms with Crippen LogP contribution in [0.5, 0.6) is 0 Å². The summed E-state index contributed by atoms with van der Waals surface area (Å²) in [5.41, 5.74) is 6.19. The molecular weight excluding hydrogens is 406 g/mol. The van der Waals surface area contributed by atoms with Crippen LogP contribution in [0.25, 0.3) is 11.0 Å². The fourth-order valence-electron chi connectivity index (χ4n) is 3.83. The van der Waals surface area contributed by atoms with Crippen LogP contribution in [0.15, 0.2) is 36.4 Å². The number of benzene rings is 2. The van der Waals surface area contributed by atoms with E-state index in [0.29, 0.717) is 30.1 Å². The number of nitriles is 1. The minimum absolute atomic E-state index is 0.187. The van der Waals surface area contributed by atoms with E-state index in [4.69, 9.17) is 4.98 Å². The molecule has 0 saturated heterocycles. The van der Waals surface area contributed by atoms with Crippen molar-refractivity contribution < 1.29 is 4.21 Å². The first kappa shape index (κ1) is 21.4. The van der Waals surface area contributed by atoms with E-state index in [1.807, 2.05) is 52.8 Å². The molecule has 3 aromatic rings. The average molecular weight is 434 g/mol. The van der Waals surface area contributed by atoms with Gasteiger partial charge in [-0.3, -0.25) is 0 Å². The van der Waals surface area contributed by atoms with E-state index < -0.39 is 11.0 Å². The molecule has 7 heteroatoms. The average Bonchev–Trinajstić information content (AvgIpc) is 3.15. The number of hydrogen-bond donors (Lipinski definition) is 1. The Hall–Kier alpha value is -2.82. The molecule has 0 saturated carbocycles. The SMILES string of the molecule is Cc1cc([C@@H](C)N[S@](=O)C(C)(C)C)c2nc(N3Cc4ccccc4C3)c(C#N)nc2c1. The van der Waals surface area contributed by atoms with E-state index in [0.717, 1.165) is 16.6 Å². The zero-order valence-electron chi connectivity index (χ0n) is 18.6. The lowest BCUT2D eigenvalue weighted by atomic mass is 10.0. The fourth-order valence-corrected chi connectivity index (χ4v) is 4.63. The summed E-state index contributed by atoms with van der Waals surface area (Å²) in [6, 6.07) is 14.3. The van der Waals surface area contributed by atoms with Gasteiger partial charge in [0.25, 0.3) is 0 Å². The van der Waals surface area contributed by atoms with Gasteiger partial charge in [0.1, 0.15) is 6.07 Å². The van der Waals surface area contributed by atoms with E-state index >= 15 is 0 Å². The molecule has 0 radical (unpaired) electrons. The number of aryl methyl sites for hydroxylation is 1. The summed E-state index contributed by atoms with van der Waals surface area (Å²) in [6.45, 7) is 11.2. The van der Waals surface area contributed by atoms with Crippen LogP contribution in [-0.4, -0.2) is 18.9 Å². The van der Waals surface area contributed by atoms with Crippen molar-refractivity contribution in [3.8, 4) is 6.07 Å². The number of nitrogens with zero attached hydrogens (tertiary/aromatic N) is 4. The van der Waals surface area contributed by atoms with Crippen molar-refractivity contribution in [3.63, 3.8) is 0 Å². The third kappa shape index (κ3) is 4.18. The zero-order chi connectivity index (χ0) is 22.3. The van der Waals surface area contributed by atoms with Gasteiger partial charge in [0, 0.05) is 19.1 Å². The van der Waals surface area contributed by atoms with Crippen LogP contribution < -0.4 is 9.62 Å². The number of aromatic nitrogens is 2. The van der Waals surface area contributed by atoms with Crippen molar-refractivity contribution in [1.29, 1.82) is 5.26 Å². The van der Waals surface area contributed by atoms with Gasteiger partial charge in [-0.15, -0.1) is 0 Å². The molecule has 160 valence electrons. The molecule has 0 aliphatic carbocycles. The highest BCUT2D eigenvalue weighted by Gasteiger charge is 2.26. The van der Waals surface area contributed by atoms with Crippen LogP contribution in [0.4, 0.5) is 5.82 Å². The largest absolute Gasteiger partial charge is 0.346 e. The Bertz CT molecular complexity index is 1200. The molecule has 4 rings (SSSR count). The molecular formula is C24H27N5OS. The van der Waals surface area contributed by atoms with E-state index in [9.17, 15) is 9.47 Å². The highest BCUT2D eigenvalue weighted by molar-refractivity contribution is 7.84. The van der Waals surface area contributed by atoms with Crippen LogP contribution in [0.1, 0.15) is 61.7 Å². The van der Waals surface area contributed by atoms with Gasteiger partial charge in [-0.2, -0.15) is 5.26 Å². The van der Waals surface area contributed by atoms with Crippen LogP contribution in [0.2, 0.25) is 0 Å². The Kier molecular flexibility index (Phi) is 5.54. The van der Waals surface area contributed by atoms with Crippen molar-refractivity contribution in [2.45, 2.75) is 58.5 Å². The summed E-state index contributed by atoms with van der Waals surface area (Å²) in [4.78, 5) is 11.7. The quantitative estimate of drug-likeness (QED) is 0.658.